The lowest BCUT2D eigenvalue weighted by molar-refractivity contribution is -0.119. The molecule has 0 fully saturated rings. The van der Waals surface area contributed by atoms with Crippen LogP contribution in [-0.4, -0.2) is 22.6 Å². The van der Waals surface area contributed by atoms with Crippen LogP contribution in [0.5, 0.6) is 5.75 Å². The Morgan fingerprint density at radius 2 is 1.77 bits per heavy atom. The largest absolute Gasteiger partial charge is 0.497 e. The first-order chi connectivity index (χ1) is 15.0. The first kappa shape index (κ1) is 20.1. The first-order valence-corrected chi connectivity index (χ1v) is 9.53. The number of methoxy groups -OCH3 is 1. The van der Waals surface area contributed by atoms with Gasteiger partial charge in [0.25, 0.3) is 5.56 Å². The van der Waals surface area contributed by atoms with Crippen LogP contribution < -0.4 is 15.6 Å². The van der Waals surface area contributed by atoms with E-state index in [9.17, 15) is 20.1 Å². The number of aromatic nitrogens is 2. The molecule has 4 rings (SSSR count). The summed E-state index contributed by atoms with van der Waals surface area (Å²) in [5, 5.41) is 22.4. The normalized spacial score (nSPS) is 17.1. The fourth-order valence-corrected chi connectivity index (χ4v) is 3.68. The second-order valence-electron chi connectivity index (χ2n) is 6.77. The van der Waals surface area contributed by atoms with Gasteiger partial charge >= 0.3 is 0 Å². The molecule has 1 amide bonds. The maximum Gasteiger partial charge on any atom is 0.274 e. The third-order valence-electron chi connectivity index (χ3n) is 5.05. The highest BCUT2D eigenvalue weighted by atomic mass is 35.5. The molecule has 2 unspecified atom stereocenters. The minimum atomic E-state index is -1.19. The molecule has 31 heavy (non-hydrogen) atoms. The Balaban J connectivity index is 1.97. The van der Waals surface area contributed by atoms with Crippen molar-refractivity contribution in [2.75, 3.05) is 12.4 Å². The maximum atomic E-state index is 13.4. The molecule has 0 spiro atoms. The molecular weight excluding hydrogens is 418 g/mol. The number of carbonyl (C=O) groups is 1. The molecule has 2 aromatic carbocycles. The van der Waals surface area contributed by atoms with E-state index in [1.165, 1.54) is 11.7 Å². The van der Waals surface area contributed by atoms with Crippen molar-refractivity contribution >= 4 is 23.5 Å². The number of amides is 1. The van der Waals surface area contributed by atoms with E-state index in [-0.39, 0.29) is 17.2 Å². The number of carbonyl (C=O) groups excluding carboxylic acids is 1. The molecule has 1 aliphatic rings. The van der Waals surface area contributed by atoms with Crippen LogP contribution in [0, 0.1) is 28.6 Å². The quantitative estimate of drug-likeness (QED) is 0.680. The molecule has 152 valence electrons. The predicted octanol–water partition coefficient (Wildman–Crippen LogP) is 3.13. The number of hydrogen-bond donors (Lipinski definition) is 1. The van der Waals surface area contributed by atoms with Crippen molar-refractivity contribution in [3.8, 4) is 29.1 Å². The SMILES string of the molecule is COc1ccc(-c2nc3n(c(=O)c2C#N)C(c2ccc(Cl)cc2)C(C#N)C(=O)N3)cc1. The molecule has 8 nitrogen and oxygen atoms in total. The molecule has 0 saturated carbocycles. The van der Waals surface area contributed by atoms with E-state index in [2.05, 4.69) is 10.3 Å². The number of ether oxygens (including phenoxy) is 1. The van der Waals surface area contributed by atoms with Crippen LogP contribution in [0.3, 0.4) is 0 Å². The molecule has 3 aromatic rings. The fraction of sp³-hybridized carbons (Fsp3) is 0.136. The molecule has 0 radical (unpaired) electrons. The van der Waals surface area contributed by atoms with Crippen molar-refractivity contribution in [2.45, 2.75) is 6.04 Å². The van der Waals surface area contributed by atoms with E-state index in [1.54, 1.807) is 48.5 Å². The van der Waals surface area contributed by atoms with Crippen molar-refractivity contribution < 1.29 is 9.53 Å². The number of nitrogens with one attached hydrogen (secondary N) is 1. The van der Waals surface area contributed by atoms with E-state index >= 15 is 0 Å². The molecule has 2 atom stereocenters. The topological polar surface area (TPSA) is 121 Å². The van der Waals surface area contributed by atoms with Gasteiger partial charge in [-0.2, -0.15) is 10.5 Å². The second-order valence-corrected chi connectivity index (χ2v) is 7.20. The van der Waals surface area contributed by atoms with Gasteiger partial charge in [0.05, 0.1) is 24.9 Å². The van der Waals surface area contributed by atoms with Crippen LogP contribution >= 0.6 is 11.6 Å². The Hall–Kier alpha value is -4.14. The predicted molar refractivity (Wildman–Crippen MR) is 113 cm³/mol. The molecule has 1 aromatic heterocycles. The summed E-state index contributed by atoms with van der Waals surface area (Å²) in [6.45, 7) is 0. The van der Waals surface area contributed by atoms with Gasteiger partial charge in [0.2, 0.25) is 11.9 Å². The summed E-state index contributed by atoms with van der Waals surface area (Å²) < 4.78 is 6.32. The number of rotatable bonds is 3. The summed E-state index contributed by atoms with van der Waals surface area (Å²) in [5.41, 5.74) is 0.320. The Bertz CT molecular complexity index is 1320. The Morgan fingerprint density at radius 3 is 2.35 bits per heavy atom. The lowest BCUT2D eigenvalue weighted by atomic mass is 9.91. The summed E-state index contributed by atoms with van der Waals surface area (Å²) in [6.07, 6.45) is 0. The smallest absolute Gasteiger partial charge is 0.274 e. The van der Waals surface area contributed by atoms with Crippen molar-refractivity contribution in [3.05, 3.63) is 75.0 Å². The summed E-state index contributed by atoms with van der Waals surface area (Å²) in [6, 6.07) is 16.1. The van der Waals surface area contributed by atoms with Crippen LogP contribution in [-0.2, 0) is 4.79 Å². The molecule has 1 aliphatic heterocycles. The monoisotopic (exact) mass is 431 g/mol. The number of nitriles is 2. The Kier molecular flexibility index (Phi) is 5.16. The highest BCUT2D eigenvalue weighted by Crippen LogP contribution is 2.34. The Labute approximate surface area is 181 Å². The third-order valence-corrected chi connectivity index (χ3v) is 5.30. The zero-order valence-corrected chi connectivity index (χ0v) is 16.9. The van der Waals surface area contributed by atoms with Crippen LogP contribution in [0.4, 0.5) is 5.95 Å². The number of hydrogen-bond acceptors (Lipinski definition) is 6. The number of halogens is 1. The number of nitrogens with zero attached hydrogens (tertiary/aromatic N) is 4. The summed E-state index contributed by atoms with van der Waals surface area (Å²) >= 11 is 5.96. The molecule has 0 saturated heterocycles. The highest BCUT2D eigenvalue weighted by molar-refractivity contribution is 6.30. The lowest BCUT2D eigenvalue weighted by Gasteiger charge is -2.31. The van der Waals surface area contributed by atoms with Crippen molar-refractivity contribution in [2.24, 2.45) is 5.92 Å². The van der Waals surface area contributed by atoms with Gasteiger partial charge in [0.1, 0.15) is 17.4 Å². The van der Waals surface area contributed by atoms with E-state index in [0.717, 1.165) is 0 Å². The van der Waals surface area contributed by atoms with Crippen molar-refractivity contribution in [1.29, 1.82) is 10.5 Å². The fourth-order valence-electron chi connectivity index (χ4n) is 3.55. The number of fused-ring (bicyclic) bond motifs is 1. The van der Waals surface area contributed by atoms with Gasteiger partial charge in [0, 0.05) is 10.6 Å². The van der Waals surface area contributed by atoms with Crippen LogP contribution in [0.25, 0.3) is 11.3 Å². The summed E-state index contributed by atoms with van der Waals surface area (Å²) in [7, 11) is 1.53. The Morgan fingerprint density at radius 1 is 1.10 bits per heavy atom. The molecule has 1 N–H and O–H groups in total. The molecule has 0 aliphatic carbocycles. The minimum absolute atomic E-state index is 0.0359. The number of anilines is 1. The van der Waals surface area contributed by atoms with Crippen molar-refractivity contribution in [3.63, 3.8) is 0 Å². The zero-order valence-electron chi connectivity index (χ0n) is 16.2. The van der Waals surface area contributed by atoms with E-state index < -0.39 is 23.4 Å². The van der Waals surface area contributed by atoms with E-state index in [4.69, 9.17) is 16.3 Å². The second kappa shape index (κ2) is 7.94. The van der Waals surface area contributed by atoms with E-state index in [1.807, 2.05) is 12.1 Å². The lowest BCUT2D eigenvalue weighted by Crippen LogP contribution is -2.44. The molecule has 2 heterocycles. The van der Waals surface area contributed by atoms with Gasteiger partial charge in [-0.15, -0.1) is 0 Å². The summed E-state index contributed by atoms with van der Waals surface area (Å²) in [4.78, 5) is 30.4. The van der Waals surface area contributed by atoms with Gasteiger partial charge in [-0.3, -0.25) is 19.5 Å². The van der Waals surface area contributed by atoms with Crippen LogP contribution in [0.2, 0.25) is 5.02 Å². The van der Waals surface area contributed by atoms with Crippen molar-refractivity contribution in [1.82, 2.24) is 9.55 Å². The maximum absolute atomic E-state index is 13.4. The minimum Gasteiger partial charge on any atom is -0.497 e. The van der Waals surface area contributed by atoms with Crippen LogP contribution in [0.15, 0.2) is 53.3 Å². The van der Waals surface area contributed by atoms with Crippen LogP contribution in [0.1, 0.15) is 17.2 Å². The standard InChI is InChI=1S/C22H14ClN5O3/c1-31-15-8-4-12(5-9-15)18-16(10-24)21(30)28-19(13-2-6-14(23)7-3-13)17(11-25)20(29)27-22(28)26-18/h2-9,17,19H,1H3,(H,26,27,29). The average Bonchev–Trinajstić information content (AvgIpc) is 2.78. The first-order valence-electron chi connectivity index (χ1n) is 9.15. The van der Waals surface area contributed by atoms with Gasteiger partial charge in [-0.1, -0.05) is 23.7 Å². The van der Waals surface area contributed by atoms with Gasteiger partial charge in [0.15, 0.2) is 5.92 Å². The van der Waals surface area contributed by atoms with Gasteiger partial charge in [-0.05, 0) is 42.0 Å². The van der Waals surface area contributed by atoms with E-state index in [0.29, 0.717) is 21.9 Å². The van der Waals surface area contributed by atoms with Gasteiger partial charge in [-0.25, -0.2) is 4.98 Å². The molecule has 0 bridgehead atoms. The van der Waals surface area contributed by atoms with Gasteiger partial charge < -0.3 is 4.74 Å². The molecular formula is C22H14ClN5O3. The highest BCUT2D eigenvalue weighted by Gasteiger charge is 2.39. The summed E-state index contributed by atoms with van der Waals surface area (Å²) in [5.74, 6) is -1.21. The zero-order chi connectivity index (χ0) is 22.1. The number of benzene rings is 2. The molecule has 9 heteroatoms. The third kappa shape index (κ3) is 3.39. The average molecular weight is 432 g/mol.